The van der Waals surface area contributed by atoms with Crippen molar-refractivity contribution in [2.45, 2.75) is 70.6 Å². The Morgan fingerprint density at radius 2 is 1.24 bits per heavy atom. The lowest BCUT2D eigenvalue weighted by Gasteiger charge is -2.06. The van der Waals surface area contributed by atoms with Gasteiger partial charge in [0, 0.05) is 12.2 Å². The number of aliphatic hydroxyl groups excluding tert-OH is 1. The molecule has 0 heterocycles. The third-order valence-corrected chi connectivity index (χ3v) is 3.89. The van der Waals surface area contributed by atoms with Crippen molar-refractivity contribution in [3.8, 4) is 0 Å². The van der Waals surface area contributed by atoms with Crippen LogP contribution in [0.4, 0.5) is 0 Å². The molecule has 0 saturated heterocycles. The quantitative estimate of drug-likeness (QED) is 0.438. The zero-order valence-electron chi connectivity index (χ0n) is 13.0. The van der Waals surface area contributed by atoms with E-state index < -0.39 is 0 Å². The van der Waals surface area contributed by atoms with Crippen molar-refractivity contribution >= 4 is 11.6 Å². The molecule has 0 unspecified atom stereocenters. The van der Waals surface area contributed by atoms with Crippen molar-refractivity contribution in [3.05, 3.63) is 23.8 Å². The molecule has 3 nitrogen and oxygen atoms in total. The van der Waals surface area contributed by atoms with Gasteiger partial charge in [-0.25, -0.2) is 0 Å². The van der Waals surface area contributed by atoms with Crippen LogP contribution in [-0.4, -0.2) is 23.3 Å². The van der Waals surface area contributed by atoms with Crippen LogP contribution in [0.25, 0.3) is 0 Å². The second kappa shape index (κ2) is 11.4. The molecular weight excluding hydrogens is 264 g/mol. The molecule has 3 heteroatoms. The predicted octanol–water partition coefficient (Wildman–Crippen LogP) is 3.90. The van der Waals surface area contributed by atoms with E-state index in [1.54, 1.807) is 0 Å². The number of aliphatic hydroxyl groups is 1. The normalized spacial score (nSPS) is 14.6. The molecule has 0 spiro atoms. The Morgan fingerprint density at radius 3 is 1.81 bits per heavy atom. The molecule has 1 N–H and O–H groups in total. The van der Waals surface area contributed by atoms with Gasteiger partial charge in [0.25, 0.3) is 0 Å². The molecule has 1 aliphatic carbocycles. The first kappa shape index (κ1) is 17.8. The number of unbranched alkanes of at least 4 members (excludes halogenated alkanes) is 9. The minimum atomic E-state index is -0.0641. The molecule has 1 rings (SSSR count). The van der Waals surface area contributed by atoms with E-state index >= 15 is 0 Å². The lowest BCUT2D eigenvalue weighted by Crippen LogP contribution is -2.07. The third kappa shape index (κ3) is 8.61. The van der Waals surface area contributed by atoms with Crippen LogP contribution in [0.15, 0.2) is 23.8 Å². The van der Waals surface area contributed by atoms with Crippen molar-refractivity contribution in [2.24, 2.45) is 0 Å². The van der Waals surface area contributed by atoms with Crippen LogP contribution < -0.4 is 0 Å². The van der Waals surface area contributed by atoms with Gasteiger partial charge in [-0.1, -0.05) is 51.4 Å². The minimum absolute atomic E-state index is 0.00233. The van der Waals surface area contributed by atoms with Crippen molar-refractivity contribution in [1.82, 2.24) is 0 Å². The van der Waals surface area contributed by atoms with Gasteiger partial charge < -0.3 is 5.11 Å². The molecule has 0 bridgehead atoms. The summed E-state index contributed by atoms with van der Waals surface area (Å²) in [7, 11) is 0. The van der Waals surface area contributed by atoms with Gasteiger partial charge >= 0.3 is 0 Å². The van der Waals surface area contributed by atoms with Crippen LogP contribution in [0.5, 0.6) is 0 Å². The van der Waals surface area contributed by atoms with Crippen LogP contribution in [0, 0.1) is 0 Å². The lowest BCUT2D eigenvalue weighted by molar-refractivity contribution is -0.114. The number of hydrogen-bond acceptors (Lipinski definition) is 3. The highest BCUT2D eigenvalue weighted by atomic mass is 16.2. The van der Waals surface area contributed by atoms with Crippen LogP contribution in [-0.2, 0) is 9.59 Å². The first-order valence-corrected chi connectivity index (χ1v) is 8.32. The molecular formula is C18H28O3. The van der Waals surface area contributed by atoms with Gasteiger partial charge in [0.15, 0.2) is 11.6 Å². The molecule has 0 aromatic heterocycles. The molecule has 1 aliphatic rings. The van der Waals surface area contributed by atoms with E-state index in [0.717, 1.165) is 32.1 Å². The van der Waals surface area contributed by atoms with E-state index in [1.165, 1.54) is 56.8 Å². The number of carbonyl (C=O) groups excluding carboxylic acids is 2. The molecule has 0 saturated carbocycles. The summed E-state index contributed by atoms with van der Waals surface area (Å²) in [6.07, 6.45) is 16.7. The topological polar surface area (TPSA) is 54.4 Å². The minimum Gasteiger partial charge on any atom is -0.396 e. The number of hydrogen-bond donors (Lipinski definition) is 1. The standard InChI is InChI=1S/C18H28O3/c19-14-10-8-6-4-2-1-3-5-7-9-11-16-15-17(20)12-13-18(16)21/h12-13,15,19H,1-11,14H2. The number of allylic oxidation sites excluding steroid dienone is 4. The molecule has 0 aromatic carbocycles. The number of carbonyl (C=O) groups is 2. The second-order valence-corrected chi connectivity index (χ2v) is 5.78. The van der Waals surface area contributed by atoms with Crippen LogP contribution in [0.3, 0.4) is 0 Å². The molecule has 0 aliphatic heterocycles. The highest BCUT2D eigenvalue weighted by Gasteiger charge is 2.12. The predicted molar refractivity (Wildman–Crippen MR) is 85.1 cm³/mol. The summed E-state index contributed by atoms with van der Waals surface area (Å²) in [5.74, 6) is -0.0664. The SMILES string of the molecule is O=C1C=CC(=O)C(CCCCCCCCCCCCO)=C1. The monoisotopic (exact) mass is 292 g/mol. The fourth-order valence-electron chi connectivity index (χ4n) is 2.59. The van der Waals surface area contributed by atoms with Gasteiger partial charge in [0.05, 0.1) is 0 Å². The highest BCUT2D eigenvalue weighted by molar-refractivity contribution is 6.17. The van der Waals surface area contributed by atoms with E-state index in [0.29, 0.717) is 12.2 Å². The van der Waals surface area contributed by atoms with Gasteiger partial charge in [-0.05, 0) is 37.5 Å². The molecule has 0 fully saturated rings. The van der Waals surface area contributed by atoms with Crippen molar-refractivity contribution in [2.75, 3.05) is 6.61 Å². The Morgan fingerprint density at radius 1 is 0.714 bits per heavy atom. The first-order chi connectivity index (χ1) is 10.2. The van der Waals surface area contributed by atoms with Crippen molar-refractivity contribution < 1.29 is 14.7 Å². The second-order valence-electron chi connectivity index (χ2n) is 5.78. The summed E-state index contributed by atoms with van der Waals surface area (Å²) in [5.41, 5.74) is 0.673. The van der Waals surface area contributed by atoms with E-state index in [4.69, 9.17) is 5.11 Å². The lowest BCUT2D eigenvalue weighted by atomic mass is 9.97. The Labute approximate surface area is 128 Å². The number of ketones is 2. The molecule has 21 heavy (non-hydrogen) atoms. The summed E-state index contributed by atoms with van der Waals surface area (Å²) in [6.45, 7) is 0.320. The number of rotatable bonds is 12. The van der Waals surface area contributed by atoms with Crippen LogP contribution in [0.2, 0.25) is 0 Å². The summed E-state index contributed by atoms with van der Waals surface area (Å²) >= 11 is 0. The average molecular weight is 292 g/mol. The first-order valence-electron chi connectivity index (χ1n) is 8.32. The van der Waals surface area contributed by atoms with Gasteiger partial charge in [0.1, 0.15) is 0 Å². The fourth-order valence-corrected chi connectivity index (χ4v) is 2.59. The van der Waals surface area contributed by atoms with E-state index in [2.05, 4.69) is 0 Å². The molecule has 118 valence electrons. The maximum Gasteiger partial charge on any atom is 0.182 e. The fraction of sp³-hybridized carbons (Fsp3) is 0.667. The van der Waals surface area contributed by atoms with E-state index in [9.17, 15) is 9.59 Å². The van der Waals surface area contributed by atoms with Gasteiger partial charge in [0.2, 0.25) is 0 Å². The summed E-state index contributed by atoms with van der Waals surface area (Å²) in [6, 6.07) is 0. The van der Waals surface area contributed by atoms with E-state index in [-0.39, 0.29) is 11.6 Å². The van der Waals surface area contributed by atoms with Crippen LogP contribution in [0.1, 0.15) is 70.6 Å². The molecule has 0 amide bonds. The molecule has 0 radical (unpaired) electrons. The average Bonchev–Trinajstić information content (AvgIpc) is 2.48. The Balaban J connectivity index is 1.91. The zero-order chi connectivity index (χ0) is 15.3. The van der Waals surface area contributed by atoms with Gasteiger partial charge in [-0.2, -0.15) is 0 Å². The Kier molecular flexibility index (Phi) is 9.71. The third-order valence-electron chi connectivity index (χ3n) is 3.89. The highest BCUT2D eigenvalue weighted by Crippen LogP contribution is 2.16. The maximum absolute atomic E-state index is 11.5. The summed E-state index contributed by atoms with van der Waals surface area (Å²) in [5, 5.41) is 8.67. The van der Waals surface area contributed by atoms with Crippen LogP contribution >= 0.6 is 0 Å². The van der Waals surface area contributed by atoms with Gasteiger partial charge in [-0.3, -0.25) is 9.59 Å². The van der Waals surface area contributed by atoms with Crippen molar-refractivity contribution in [1.29, 1.82) is 0 Å². The van der Waals surface area contributed by atoms with Crippen molar-refractivity contribution in [3.63, 3.8) is 0 Å². The molecule has 0 aromatic rings. The summed E-state index contributed by atoms with van der Waals surface area (Å²) in [4.78, 5) is 22.7. The Hall–Kier alpha value is -1.22. The zero-order valence-corrected chi connectivity index (χ0v) is 13.0. The maximum atomic E-state index is 11.5. The molecule has 0 atom stereocenters. The summed E-state index contributed by atoms with van der Waals surface area (Å²) < 4.78 is 0. The largest absolute Gasteiger partial charge is 0.396 e. The Bertz CT molecular complexity index is 380. The smallest absolute Gasteiger partial charge is 0.182 e. The van der Waals surface area contributed by atoms with E-state index in [1.807, 2.05) is 0 Å². The van der Waals surface area contributed by atoms with Gasteiger partial charge in [-0.15, -0.1) is 0 Å².